The normalized spacial score (nSPS) is 23.0. The zero-order valence-electron chi connectivity index (χ0n) is 24.1. The number of likely N-dealkylation sites (tertiary alicyclic amines) is 1. The summed E-state index contributed by atoms with van der Waals surface area (Å²) in [5, 5.41) is 15.7. The maximum Gasteiger partial charge on any atom is 0.269 e. The van der Waals surface area contributed by atoms with Crippen molar-refractivity contribution in [2.75, 3.05) is 49.1 Å². The zero-order valence-corrected chi connectivity index (χ0v) is 24.1. The van der Waals surface area contributed by atoms with Crippen LogP contribution in [-0.4, -0.2) is 78.9 Å². The summed E-state index contributed by atoms with van der Waals surface area (Å²) in [6.07, 6.45) is 5.47. The molecule has 4 fully saturated rings. The van der Waals surface area contributed by atoms with Gasteiger partial charge in [0.1, 0.15) is 6.04 Å². The van der Waals surface area contributed by atoms with E-state index in [0.29, 0.717) is 24.8 Å². The molecule has 0 aromatic heterocycles. The maximum atomic E-state index is 15.6. The molecule has 4 saturated heterocycles. The Balaban J connectivity index is 1.01. The van der Waals surface area contributed by atoms with E-state index in [4.69, 9.17) is 0 Å². The fourth-order valence-electron chi connectivity index (χ4n) is 7.19. The minimum absolute atomic E-state index is 0.102. The molecule has 6 rings (SSSR count). The van der Waals surface area contributed by atoms with Crippen LogP contribution in [-0.2, 0) is 9.59 Å². The number of carbonyl (C=O) groups is 3. The summed E-state index contributed by atoms with van der Waals surface area (Å²) in [4.78, 5) is 53.8. The summed E-state index contributed by atoms with van der Waals surface area (Å²) in [7, 11) is 0. The van der Waals surface area contributed by atoms with Gasteiger partial charge in [-0.15, -0.1) is 0 Å². The van der Waals surface area contributed by atoms with Gasteiger partial charge in [0.25, 0.3) is 11.6 Å². The van der Waals surface area contributed by atoms with Crippen LogP contribution in [0.4, 0.5) is 21.5 Å². The highest BCUT2D eigenvalue weighted by molar-refractivity contribution is 6.04. The second-order valence-electron chi connectivity index (χ2n) is 12.3. The Kier molecular flexibility index (Phi) is 8.04. The predicted molar refractivity (Wildman–Crippen MR) is 158 cm³/mol. The fraction of sp³-hybridized carbons (Fsp3) is 0.516. The first-order chi connectivity index (χ1) is 20.7. The van der Waals surface area contributed by atoms with Gasteiger partial charge < -0.3 is 15.1 Å². The van der Waals surface area contributed by atoms with Crippen LogP contribution in [0.3, 0.4) is 0 Å². The number of hydrogen-bond donors (Lipinski definition) is 2. The lowest BCUT2D eigenvalue weighted by atomic mass is 9.77. The molecule has 3 amide bonds. The lowest BCUT2D eigenvalue weighted by molar-refractivity contribution is -0.384. The van der Waals surface area contributed by atoms with Crippen molar-refractivity contribution >= 4 is 34.8 Å². The largest absolute Gasteiger partial charge is 0.371 e. The number of benzene rings is 2. The lowest BCUT2D eigenvalue weighted by Gasteiger charge is -2.42. The van der Waals surface area contributed by atoms with Crippen LogP contribution < -0.4 is 20.4 Å². The van der Waals surface area contributed by atoms with Gasteiger partial charge in [-0.1, -0.05) is 6.07 Å². The highest BCUT2D eigenvalue weighted by Gasteiger charge is 2.43. The van der Waals surface area contributed by atoms with Crippen molar-refractivity contribution in [1.29, 1.82) is 0 Å². The van der Waals surface area contributed by atoms with Crippen molar-refractivity contribution in [3.63, 3.8) is 0 Å². The molecule has 43 heavy (non-hydrogen) atoms. The number of nitrogens with one attached hydrogen (secondary N) is 2. The van der Waals surface area contributed by atoms with Crippen molar-refractivity contribution in [3.05, 3.63) is 64.0 Å². The molecule has 2 aromatic carbocycles. The second kappa shape index (κ2) is 11.9. The first-order valence-corrected chi connectivity index (χ1v) is 15.1. The minimum atomic E-state index is -0.858. The smallest absolute Gasteiger partial charge is 0.269 e. The Labute approximate surface area is 249 Å². The SMILES string of the molecule is O=C1CCC(NC(=O)c2cccc(N3CCC4(CC3)CCN(C3CCN(c5ccc([N+](=O)[O-])cc5)CC3)C4)c2F)C(=O)N1. The highest BCUT2D eigenvalue weighted by atomic mass is 19.1. The summed E-state index contributed by atoms with van der Waals surface area (Å²) in [5.41, 5.74) is 1.65. The molecule has 0 radical (unpaired) electrons. The maximum absolute atomic E-state index is 15.6. The van der Waals surface area contributed by atoms with Gasteiger partial charge in [-0.05, 0) is 74.8 Å². The molecular formula is C31H37FN6O5. The number of carbonyl (C=O) groups excluding carboxylic acids is 3. The fourth-order valence-corrected chi connectivity index (χ4v) is 7.19. The molecule has 4 aliphatic heterocycles. The number of non-ortho nitro benzene ring substituents is 1. The van der Waals surface area contributed by atoms with Crippen molar-refractivity contribution < 1.29 is 23.7 Å². The van der Waals surface area contributed by atoms with Gasteiger partial charge in [-0.2, -0.15) is 0 Å². The number of nitrogens with zero attached hydrogens (tertiary/aromatic N) is 4. The van der Waals surface area contributed by atoms with Crippen LogP contribution in [0.25, 0.3) is 0 Å². The molecule has 4 aliphatic rings. The van der Waals surface area contributed by atoms with Crippen LogP contribution in [0.2, 0.25) is 0 Å². The topological polar surface area (TPSA) is 128 Å². The van der Waals surface area contributed by atoms with Gasteiger partial charge in [0.05, 0.1) is 16.2 Å². The van der Waals surface area contributed by atoms with Crippen molar-refractivity contribution in [1.82, 2.24) is 15.5 Å². The van der Waals surface area contributed by atoms with E-state index in [1.54, 1.807) is 24.3 Å². The molecule has 1 atom stereocenters. The number of nitro groups is 1. The number of amides is 3. The molecule has 12 heteroatoms. The van der Waals surface area contributed by atoms with Gasteiger partial charge in [-0.25, -0.2) is 4.39 Å². The first kappa shape index (κ1) is 29.0. The van der Waals surface area contributed by atoms with E-state index in [2.05, 4.69) is 20.4 Å². The molecule has 228 valence electrons. The van der Waals surface area contributed by atoms with E-state index >= 15 is 4.39 Å². The number of anilines is 2. The summed E-state index contributed by atoms with van der Waals surface area (Å²) in [5.74, 6) is -2.19. The Bertz CT molecular complexity index is 1400. The molecule has 2 aromatic rings. The molecule has 1 unspecified atom stereocenters. The Morgan fingerprint density at radius 1 is 0.953 bits per heavy atom. The number of piperidine rings is 3. The molecule has 0 bridgehead atoms. The highest BCUT2D eigenvalue weighted by Crippen LogP contribution is 2.43. The predicted octanol–water partition coefficient (Wildman–Crippen LogP) is 3.23. The minimum Gasteiger partial charge on any atom is -0.371 e. The number of imide groups is 1. The molecule has 4 heterocycles. The summed E-state index contributed by atoms with van der Waals surface area (Å²) >= 11 is 0. The summed E-state index contributed by atoms with van der Waals surface area (Å²) in [6, 6.07) is 11.3. The number of hydrogen-bond acceptors (Lipinski definition) is 8. The van der Waals surface area contributed by atoms with Gasteiger partial charge in [0.15, 0.2) is 5.82 Å². The van der Waals surface area contributed by atoms with E-state index < -0.39 is 23.7 Å². The van der Waals surface area contributed by atoms with Crippen LogP contribution in [0.1, 0.15) is 55.3 Å². The van der Waals surface area contributed by atoms with Gasteiger partial charge in [-0.3, -0.25) is 34.7 Å². The van der Waals surface area contributed by atoms with Crippen LogP contribution >= 0.6 is 0 Å². The third-order valence-electron chi connectivity index (χ3n) is 9.81. The number of halogens is 1. The Morgan fingerprint density at radius 2 is 1.65 bits per heavy atom. The second-order valence-corrected chi connectivity index (χ2v) is 12.3. The Hall–Kier alpha value is -4.06. The molecule has 0 saturated carbocycles. The van der Waals surface area contributed by atoms with Crippen molar-refractivity contribution in [2.24, 2.45) is 5.41 Å². The third-order valence-corrected chi connectivity index (χ3v) is 9.81. The zero-order chi connectivity index (χ0) is 30.1. The summed E-state index contributed by atoms with van der Waals surface area (Å²) < 4.78 is 15.6. The number of rotatable bonds is 6. The van der Waals surface area contributed by atoms with Gasteiger partial charge in [0, 0.05) is 63.0 Å². The van der Waals surface area contributed by atoms with E-state index in [0.717, 1.165) is 64.0 Å². The first-order valence-electron chi connectivity index (χ1n) is 15.1. The van der Waals surface area contributed by atoms with Crippen LogP contribution in [0, 0.1) is 21.3 Å². The average molecular weight is 593 g/mol. The standard InChI is InChI=1S/C31H37FN6O5/c32-28-24(29(40)33-25-8-9-27(39)34-30(25)41)2-1-3-26(28)36-17-12-31(13-18-36)14-19-37(20-31)22-10-15-35(16-11-22)21-4-6-23(7-5-21)38(42)43/h1-7,22,25H,8-20H2,(H,33,40)(H,34,39,41). The monoisotopic (exact) mass is 592 g/mol. The molecule has 0 aliphatic carbocycles. The van der Waals surface area contributed by atoms with Gasteiger partial charge in [0.2, 0.25) is 11.8 Å². The average Bonchev–Trinajstić information content (AvgIpc) is 3.42. The summed E-state index contributed by atoms with van der Waals surface area (Å²) in [6.45, 7) is 5.37. The van der Waals surface area contributed by atoms with Crippen LogP contribution in [0.15, 0.2) is 42.5 Å². The quantitative estimate of drug-likeness (QED) is 0.297. The van der Waals surface area contributed by atoms with E-state index in [1.807, 2.05) is 17.0 Å². The van der Waals surface area contributed by atoms with Crippen LogP contribution in [0.5, 0.6) is 0 Å². The molecular weight excluding hydrogens is 555 g/mol. The molecule has 1 spiro atoms. The van der Waals surface area contributed by atoms with E-state index in [1.165, 1.54) is 6.07 Å². The van der Waals surface area contributed by atoms with Crippen molar-refractivity contribution in [2.45, 2.75) is 57.0 Å². The van der Waals surface area contributed by atoms with Crippen molar-refractivity contribution in [3.8, 4) is 0 Å². The number of nitro benzene ring substituents is 1. The van der Waals surface area contributed by atoms with Gasteiger partial charge >= 0.3 is 0 Å². The third kappa shape index (κ3) is 6.06. The van der Waals surface area contributed by atoms with E-state index in [9.17, 15) is 24.5 Å². The van der Waals surface area contributed by atoms with E-state index in [-0.39, 0.29) is 40.3 Å². The Morgan fingerprint density at radius 3 is 2.33 bits per heavy atom. The molecule has 11 nitrogen and oxygen atoms in total. The lowest BCUT2D eigenvalue weighted by Crippen LogP contribution is -2.52. The molecule has 2 N–H and O–H groups in total.